The summed E-state index contributed by atoms with van der Waals surface area (Å²) in [5, 5.41) is 20.1. The van der Waals surface area contributed by atoms with Gasteiger partial charge in [0.25, 0.3) is 5.91 Å². The number of ether oxygens (including phenoxy) is 2. The number of nitrogens with one attached hydrogen (secondary N) is 2. The van der Waals surface area contributed by atoms with Gasteiger partial charge in [-0.1, -0.05) is 24.3 Å². The predicted molar refractivity (Wildman–Crippen MR) is 158 cm³/mol. The van der Waals surface area contributed by atoms with Gasteiger partial charge in [-0.05, 0) is 69.5 Å². The van der Waals surface area contributed by atoms with Gasteiger partial charge in [0.2, 0.25) is 5.91 Å². The molecule has 1 saturated heterocycles. The van der Waals surface area contributed by atoms with Crippen LogP contribution in [-0.4, -0.2) is 74.5 Å². The number of alkyl halides is 3. The Morgan fingerprint density at radius 3 is 2.15 bits per heavy atom. The lowest BCUT2D eigenvalue weighted by molar-refractivity contribution is -0.192. The van der Waals surface area contributed by atoms with Gasteiger partial charge >= 0.3 is 18.2 Å². The fourth-order valence-electron chi connectivity index (χ4n) is 4.56. The summed E-state index contributed by atoms with van der Waals surface area (Å²) >= 11 is 0. The molecule has 0 unspecified atom stereocenters. The topological polar surface area (TPSA) is 167 Å². The summed E-state index contributed by atoms with van der Waals surface area (Å²) in [5.41, 5.74) is 2.25. The number of para-hydroxylation sites is 1. The monoisotopic (exact) mass is 648 g/mol. The Morgan fingerprint density at radius 1 is 0.978 bits per heavy atom. The normalized spacial score (nSPS) is 14.4. The van der Waals surface area contributed by atoms with Crippen LogP contribution < -0.4 is 15.5 Å². The van der Waals surface area contributed by atoms with Crippen LogP contribution in [0.1, 0.15) is 56.0 Å². The zero-order valence-electron chi connectivity index (χ0n) is 25.4. The molecule has 3 amide bonds. The van der Waals surface area contributed by atoms with E-state index in [-0.39, 0.29) is 12.3 Å². The molecule has 0 radical (unpaired) electrons. The molecule has 0 saturated carbocycles. The van der Waals surface area contributed by atoms with Crippen molar-refractivity contribution in [3.8, 4) is 5.75 Å². The minimum absolute atomic E-state index is 0.122. The van der Waals surface area contributed by atoms with Crippen LogP contribution in [0.2, 0.25) is 0 Å². The fraction of sp³-hybridized carbons (Fsp3) is 0.387. The molecular formula is C31H35F3N4O8. The van der Waals surface area contributed by atoms with E-state index in [0.717, 1.165) is 22.2 Å². The number of aromatic nitrogens is 1. The van der Waals surface area contributed by atoms with Crippen molar-refractivity contribution in [2.45, 2.75) is 64.0 Å². The van der Waals surface area contributed by atoms with E-state index in [2.05, 4.69) is 10.3 Å². The predicted octanol–water partition coefficient (Wildman–Crippen LogP) is 4.84. The highest BCUT2D eigenvalue weighted by atomic mass is 19.4. The molecular weight excluding hydrogens is 613 g/mol. The van der Waals surface area contributed by atoms with Crippen LogP contribution in [0.5, 0.6) is 5.75 Å². The maximum absolute atomic E-state index is 13.2. The number of hydrogen-bond donors (Lipinski definition) is 4. The first kappa shape index (κ1) is 35.6. The third kappa shape index (κ3) is 10.3. The number of carbonyl (C=O) groups is 4. The van der Waals surface area contributed by atoms with Gasteiger partial charge in [0.1, 0.15) is 18.0 Å². The van der Waals surface area contributed by atoms with Gasteiger partial charge in [0.15, 0.2) is 0 Å². The van der Waals surface area contributed by atoms with Crippen LogP contribution in [0.4, 0.5) is 18.0 Å². The van der Waals surface area contributed by atoms with Crippen molar-refractivity contribution < 1.29 is 52.1 Å². The molecule has 1 fully saturated rings. The number of likely N-dealkylation sites (tertiary alicyclic amines) is 1. The number of carbonyl (C=O) groups excluding carboxylic acids is 3. The highest BCUT2D eigenvalue weighted by Crippen LogP contribution is 2.28. The van der Waals surface area contributed by atoms with Gasteiger partial charge in [0.05, 0.1) is 17.5 Å². The molecule has 0 spiro atoms. The summed E-state index contributed by atoms with van der Waals surface area (Å²) in [4.78, 5) is 52.5. The molecule has 12 nitrogen and oxygen atoms in total. The molecule has 15 heteroatoms. The number of piperidine rings is 1. The van der Waals surface area contributed by atoms with Gasteiger partial charge in [-0.15, -0.1) is 0 Å². The number of rotatable bonds is 7. The number of benzene rings is 2. The largest absolute Gasteiger partial charge is 0.490 e. The van der Waals surface area contributed by atoms with Crippen LogP contribution in [0.15, 0.2) is 60.8 Å². The number of carboxylic acids is 1. The molecule has 4 rings (SSSR count). The van der Waals surface area contributed by atoms with E-state index in [1.54, 1.807) is 49.5 Å². The van der Waals surface area contributed by atoms with Gasteiger partial charge in [-0.3, -0.25) is 19.8 Å². The van der Waals surface area contributed by atoms with Crippen molar-refractivity contribution >= 4 is 34.8 Å². The Bertz CT molecular complexity index is 1530. The molecule has 248 valence electrons. The number of fused-ring (bicyclic) bond motifs is 1. The first-order valence-electron chi connectivity index (χ1n) is 14.1. The Balaban J connectivity index is 0.000000738. The van der Waals surface area contributed by atoms with E-state index >= 15 is 0 Å². The van der Waals surface area contributed by atoms with E-state index in [9.17, 15) is 27.6 Å². The van der Waals surface area contributed by atoms with Crippen molar-refractivity contribution in [1.82, 2.24) is 20.7 Å². The molecule has 1 aliphatic heterocycles. The number of amides is 3. The number of hydrogen-bond acceptors (Lipinski definition) is 8. The Hall–Kier alpha value is -4.92. The minimum atomic E-state index is -5.08. The summed E-state index contributed by atoms with van der Waals surface area (Å²) in [6.07, 6.45) is -3.28. The molecule has 0 aliphatic carbocycles. The third-order valence-electron chi connectivity index (χ3n) is 6.84. The molecule has 0 atom stereocenters. The zero-order chi connectivity index (χ0) is 34.1. The molecule has 2 heterocycles. The minimum Gasteiger partial charge on any atom is -0.488 e. The second-order valence-corrected chi connectivity index (χ2v) is 11.5. The average molecular weight is 649 g/mol. The molecule has 1 aromatic heterocycles. The van der Waals surface area contributed by atoms with E-state index < -0.39 is 35.3 Å². The van der Waals surface area contributed by atoms with E-state index in [1.807, 2.05) is 42.5 Å². The summed E-state index contributed by atoms with van der Waals surface area (Å²) < 4.78 is 43.2. The molecule has 1 aliphatic rings. The van der Waals surface area contributed by atoms with Crippen molar-refractivity contribution in [1.29, 1.82) is 0 Å². The summed E-state index contributed by atoms with van der Waals surface area (Å²) in [5.74, 6) is -2.99. The zero-order valence-corrected chi connectivity index (χ0v) is 25.4. The quantitative estimate of drug-likeness (QED) is 0.207. The van der Waals surface area contributed by atoms with Crippen LogP contribution in [0.25, 0.3) is 10.9 Å². The second kappa shape index (κ2) is 14.9. The van der Waals surface area contributed by atoms with E-state index in [0.29, 0.717) is 38.1 Å². The van der Waals surface area contributed by atoms with E-state index in [4.69, 9.17) is 24.6 Å². The first-order valence-corrected chi connectivity index (χ1v) is 14.1. The van der Waals surface area contributed by atoms with Gasteiger partial charge in [-0.25, -0.2) is 15.1 Å². The van der Waals surface area contributed by atoms with Crippen LogP contribution in [0.3, 0.4) is 0 Å². The fourth-order valence-corrected chi connectivity index (χ4v) is 4.56. The Labute approximate surface area is 262 Å². The molecule has 46 heavy (non-hydrogen) atoms. The van der Waals surface area contributed by atoms with Crippen molar-refractivity contribution in [2.24, 2.45) is 0 Å². The number of nitrogens with zero attached hydrogens (tertiary/aromatic N) is 2. The lowest BCUT2D eigenvalue weighted by atomic mass is 9.83. The lowest BCUT2D eigenvalue weighted by Gasteiger charge is -2.42. The standard InChI is InChI=1S/C29H34N4O6.C2HF3O2/c1-28(2,3)39-27(36)33-16-13-29(14-17-33,18-25(34)32-37)31-26(35)21-10-8-20(9-11-21)19-38-24-12-15-30-23-7-5-4-6-22(23)24;3-2(4,5)1(6)7/h4-12,15,37H,13-14,16-19H2,1-3H3,(H,31,35)(H,32,34);(H,6,7). The third-order valence-corrected chi connectivity index (χ3v) is 6.84. The molecule has 3 aromatic rings. The van der Waals surface area contributed by atoms with Gasteiger partial charge < -0.3 is 24.8 Å². The number of carboxylic acid groups (broad SMARTS) is 1. The number of halogens is 3. The van der Waals surface area contributed by atoms with Crippen molar-refractivity contribution in [3.63, 3.8) is 0 Å². The molecule has 2 aromatic carbocycles. The first-order chi connectivity index (χ1) is 21.5. The molecule has 0 bridgehead atoms. The van der Waals surface area contributed by atoms with E-state index in [1.165, 1.54) is 0 Å². The van der Waals surface area contributed by atoms with Crippen molar-refractivity contribution in [2.75, 3.05) is 13.1 Å². The smallest absolute Gasteiger partial charge is 0.488 e. The van der Waals surface area contributed by atoms with Crippen LogP contribution >= 0.6 is 0 Å². The van der Waals surface area contributed by atoms with Crippen molar-refractivity contribution in [3.05, 3.63) is 71.9 Å². The number of pyridine rings is 1. The summed E-state index contributed by atoms with van der Waals surface area (Å²) in [6.45, 7) is 6.30. The summed E-state index contributed by atoms with van der Waals surface area (Å²) in [7, 11) is 0. The summed E-state index contributed by atoms with van der Waals surface area (Å²) in [6, 6.07) is 16.6. The maximum atomic E-state index is 13.2. The average Bonchev–Trinajstić information content (AvgIpc) is 2.99. The SMILES string of the molecule is CC(C)(C)OC(=O)N1CCC(CC(=O)NO)(NC(=O)c2ccc(COc3ccnc4ccccc34)cc2)CC1.O=C(O)C(F)(F)F. The second-order valence-electron chi connectivity index (χ2n) is 11.5. The molecule has 4 N–H and O–H groups in total. The lowest BCUT2D eigenvalue weighted by Crippen LogP contribution is -2.58. The maximum Gasteiger partial charge on any atom is 0.490 e. The van der Waals surface area contributed by atoms with Crippen LogP contribution in [-0.2, 0) is 20.9 Å². The highest BCUT2D eigenvalue weighted by Gasteiger charge is 2.40. The number of aliphatic carboxylic acids is 1. The van der Waals surface area contributed by atoms with Crippen LogP contribution in [0, 0.1) is 0 Å². The Morgan fingerprint density at radius 2 is 1.59 bits per heavy atom. The van der Waals surface area contributed by atoms with Gasteiger partial charge in [-0.2, -0.15) is 13.2 Å². The number of hydroxylamine groups is 1. The van der Waals surface area contributed by atoms with Gasteiger partial charge in [0, 0.05) is 30.2 Å². The highest BCUT2D eigenvalue weighted by molar-refractivity contribution is 5.95. The Kier molecular flexibility index (Phi) is 11.5.